The number of H-pyrrole nitrogens is 2. The zero-order valence-electron chi connectivity index (χ0n) is 13.5. The number of ketones is 2. The molecule has 0 radical (unpaired) electrons. The number of aromatic amines is 2. The average Bonchev–Trinajstić information content (AvgIpc) is 3.26. The fourth-order valence-electron chi connectivity index (χ4n) is 3.67. The van der Waals surface area contributed by atoms with Crippen LogP contribution >= 0.6 is 0 Å². The van der Waals surface area contributed by atoms with E-state index < -0.39 is 17.7 Å². The molecule has 1 atom stereocenters. The predicted molar refractivity (Wildman–Crippen MR) is 96.1 cm³/mol. The molecule has 1 aliphatic heterocycles. The number of fused-ring (bicyclic) bond motifs is 1. The van der Waals surface area contributed by atoms with E-state index in [-0.39, 0.29) is 5.78 Å². The highest BCUT2D eigenvalue weighted by Crippen LogP contribution is 2.33. The van der Waals surface area contributed by atoms with Crippen LogP contribution in [0.4, 0.5) is 0 Å². The fourth-order valence-corrected chi connectivity index (χ4v) is 3.67. The van der Waals surface area contributed by atoms with Crippen molar-refractivity contribution < 1.29 is 14.4 Å². The second-order valence-electron chi connectivity index (χ2n) is 6.32. The van der Waals surface area contributed by atoms with Gasteiger partial charge in [-0.15, -0.1) is 0 Å². The SMILES string of the molecule is O=C1NC(C(=O)c2c[nH]c3ccccc23)c2cccc3[nH]cc(c23)C1=O. The van der Waals surface area contributed by atoms with Crippen molar-refractivity contribution in [3.63, 3.8) is 0 Å². The minimum absolute atomic E-state index is 0.259. The zero-order chi connectivity index (χ0) is 17.8. The summed E-state index contributed by atoms with van der Waals surface area (Å²) < 4.78 is 0. The first-order chi connectivity index (χ1) is 12.6. The van der Waals surface area contributed by atoms with Crippen molar-refractivity contribution >= 4 is 39.3 Å². The Morgan fingerprint density at radius 3 is 2.54 bits per heavy atom. The Kier molecular flexibility index (Phi) is 2.91. The number of amides is 1. The number of nitrogens with one attached hydrogen (secondary N) is 3. The number of Topliss-reactive ketones (excluding diaryl/α,β-unsaturated/α-hetero) is 2. The summed E-state index contributed by atoms with van der Waals surface area (Å²) in [5.74, 6) is -1.68. The van der Waals surface area contributed by atoms with Gasteiger partial charge in [-0.2, -0.15) is 0 Å². The first-order valence-electron chi connectivity index (χ1n) is 8.20. The normalized spacial score (nSPS) is 16.7. The van der Waals surface area contributed by atoms with Gasteiger partial charge in [-0.3, -0.25) is 14.4 Å². The highest BCUT2D eigenvalue weighted by atomic mass is 16.2. The Hall–Kier alpha value is -3.67. The van der Waals surface area contributed by atoms with Crippen molar-refractivity contribution in [3.05, 3.63) is 71.5 Å². The van der Waals surface area contributed by atoms with Crippen molar-refractivity contribution in [2.75, 3.05) is 0 Å². The lowest BCUT2D eigenvalue weighted by molar-refractivity contribution is -0.117. The number of hydrogen-bond donors (Lipinski definition) is 3. The molecule has 0 aliphatic carbocycles. The molecule has 0 saturated carbocycles. The van der Waals surface area contributed by atoms with Crippen molar-refractivity contribution in [2.24, 2.45) is 0 Å². The van der Waals surface area contributed by atoms with Crippen LogP contribution in [0, 0.1) is 0 Å². The van der Waals surface area contributed by atoms with Crippen LogP contribution in [0.1, 0.15) is 32.3 Å². The van der Waals surface area contributed by atoms with Gasteiger partial charge in [0, 0.05) is 39.8 Å². The third kappa shape index (κ3) is 1.89. The molecular weight excluding hydrogens is 330 g/mol. The number of benzene rings is 2. The summed E-state index contributed by atoms with van der Waals surface area (Å²) in [6.07, 6.45) is 3.17. The number of para-hydroxylation sites is 1. The van der Waals surface area contributed by atoms with Gasteiger partial charge in [0.1, 0.15) is 6.04 Å². The molecule has 126 valence electrons. The molecular formula is C20H13N3O3. The van der Waals surface area contributed by atoms with Crippen LogP contribution in [0.3, 0.4) is 0 Å². The summed E-state index contributed by atoms with van der Waals surface area (Å²) in [4.78, 5) is 44.1. The molecule has 4 aromatic rings. The second kappa shape index (κ2) is 5.16. The van der Waals surface area contributed by atoms with Crippen molar-refractivity contribution in [1.29, 1.82) is 0 Å². The van der Waals surface area contributed by atoms with Crippen LogP contribution in [0.25, 0.3) is 21.8 Å². The quantitative estimate of drug-likeness (QED) is 0.386. The van der Waals surface area contributed by atoms with Crippen LogP contribution < -0.4 is 5.32 Å². The minimum Gasteiger partial charge on any atom is -0.360 e. The monoisotopic (exact) mass is 343 g/mol. The molecule has 3 heterocycles. The summed E-state index contributed by atoms with van der Waals surface area (Å²) in [7, 11) is 0. The van der Waals surface area contributed by atoms with E-state index in [1.807, 2.05) is 30.3 Å². The lowest BCUT2D eigenvalue weighted by Gasteiger charge is -2.16. The zero-order valence-corrected chi connectivity index (χ0v) is 13.5. The van der Waals surface area contributed by atoms with Gasteiger partial charge in [-0.25, -0.2) is 0 Å². The first kappa shape index (κ1) is 14.7. The number of carbonyl (C=O) groups excluding carboxylic acids is 3. The Bertz CT molecular complexity index is 1230. The average molecular weight is 343 g/mol. The molecule has 0 bridgehead atoms. The van der Waals surface area contributed by atoms with E-state index in [4.69, 9.17) is 0 Å². The number of rotatable bonds is 2. The van der Waals surface area contributed by atoms with E-state index in [0.717, 1.165) is 16.4 Å². The van der Waals surface area contributed by atoms with Crippen LogP contribution in [-0.2, 0) is 4.79 Å². The number of hydrogen-bond acceptors (Lipinski definition) is 3. The van der Waals surface area contributed by atoms with Crippen LogP contribution in [0.5, 0.6) is 0 Å². The van der Waals surface area contributed by atoms with E-state index in [1.165, 1.54) is 6.20 Å². The van der Waals surface area contributed by atoms with Gasteiger partial charge in [-0.05, 0) is 17.7 Å². The van der Waals surface area contributed by atoms with E-state index in [0.29, 0.717) is 22.1 Å². The molecule has 1 aliphatic rings. The lowest BCUT2D eigenvalue weighted by atomic mass is 9.94. The maximum atomic E-state index is 13.3. The maximum Gasteiger partial charge on any atom is 0.293 e. The van der Waals surface area contributed by atoms with E-state index in [2.05, 4.69) is 15.3 Å². The molecule has 6 nitrogen and oxygen atoms in total. The first-order valence-corrected chi connectivity index (χ1v) is 8.20. The number of carbonyl (C=O) groups is 3. The third-order valence-electron chi connectivity index (χ3n) is 4.89. The van der Waals surface area contributed by atoms with E-state index in [9.17, 15) is 14.4 Å². The summed E-state index contributed by atoms with van der Waals surface area (Å²) in [6, 6.07) is 11.9. The molecule has 3 N–H and O–H groups in total. The van der Waals surface area contributed by atoms with E-state index >= 15 is 0 Å². The van der Waals surface area contributed by atoms with Gasteiger partial charge in [0.15, 0.2) is 5.78 Å². The van der Waals surface area contributed by atoms with Crippen LogP contribution in [0.2, 0.25) is 0 Å². The van der Waals surface area contributed by atoms with Gasteiger partial charge in [-0.1, -0.05) is 30.3 Å². The van der Waals surface area contributed by atoms with Gasteiger partial charge in [0.05, 0.1) is 5.56 Å². The van der Waals surface area contributed by atoms with Gasteiger partial charge in [0.2, 0.25) is 0 Å². The Morgan fingerprint density at radius 2 is 1.65 bits per heavy atom. The van der Waals surface area contributed by atoms with Crippen LogP contribution in [-0.4, -0.2) is 27.4 Å². The fraction of sp³-hybridized carbons (Fsp3) is 0.0500. The molecule has 26 heavy (non-hydrogen) atoms. The molecule has 0 fully saturated rings. The van der Waals surface area contributed by atoms with Gasteiger partial charge in [0.25, 0.3) is 11.7 Å². The van der Waals surface area contributed by atoms with Gasteiger partial charge >= 0.3 is 0 Å². The topological polar surface area (TPSA) is 94.8 Å². The second-order valence-corrected chi connectivity index (χ2v) is 6.32. The molecule has 6 heteroatoms. The minimum atomic E-state index is -0.925. The van der Waals surface area contributed by atoms with Crippen molar-refractivity contribution in [2.45, 2.75) is 6.04 Å². The molecule has 0 saturated heterocycles. The summed E-state index contributed by atoms with van der Waals surface area (Å²) in [6.45, 7) is 0. The molecule has 5 rings (SSSR count). The Labute approximate surface area is 147 Å². The molecule has 0 spiro atoms. The van der Waals surface area contributed by atoms with E-state index in [1.54, 1.807) is 18.3 Å². The summed E-state index contributed by atoms with van der Waals surface area (Å²) in [5.41, 5.74) is 2.95. The Morgan fingerprint density at radius 1 is 0.885 bits per heavy atom. The summed E-state index contributed by atoms with van der Waals surface area (Å²) >= 11 is 0. The lowest BCUT2D eigenvalue weighted by Crippen LogP contribution is -2.36. The highest BCUT2D eigenvalue weighted by Gasteiger charge is 2.35. The van der Waals surface area contributed by atoms with Gasteiger partial charge < -0.3 is 15.3 Å². The Balaban J connectivity index is 1.73. The third-order valence-corrected chi connectivity index (χ3v) is 4.89. The van der Waals surface area contributed by atoms with Crippen LogP contribution in [0.15, 0.2) is 54.9 Å². The highest BCUT2D eigenvalue weighted by molar-refractivity contribution is 6.46. The molecule has 2 aromatic heterocycles. The standard InChI is InChI=1S/C20H13N3O3/c24-18(12-8-21-14-6-2-1-4-10(12)14)17-11-5-3-7-15-16(11)13(9-22-15)19(25)20(26)23-17/h1-9,17,21-22H,(H,23,26). The molecule has 1 amide bonds. The van der Waals surface area contributed by atoms with Crippen molar-refractivity contribution in [3.8, 4) is 0 Å². The predicted octanol–water partition coefficient (Wildman–Crippen LogP) is 2.89. The summed E-state index contributed by atoms with van der Waals surface area (Å²) in [5, 5.41) is 4.01. The maximum absolute atomic E-state index is 13.3. The largest absolute Gasteiger partial charge is 0.360 e. The smallest absolute Gasteiger partial charge is 0.293 e. The number of aromatic nitrogens is 2. The van der Waals surface area contributed by atoms with Crippen molar-refractivity contribution in [1.82, 2.24) is 15.3 Å². The molecule has 1 unspecified atom stereocenters. The molecule has 2 aromatic carbocycles.